The van der Waals surface area contributed by atoms with Crippen molar-refractivity contribution in [3.8, 4) is 33.2 Å². The van der Waals surface area contributed by atoms with Crippen LogP contribution in [0.2, 0.25) is 5.02 Å². The van der Waals surface area contributed by atoms with Gasteiger partial charge in [-0.2, -0.15) is 0 Å². The maximum atomic E-state index is 12.4. The summed E-state index contributed by atoms with van der Waals surface area (Å²) < 4.78 is 16.7. The number of benzene rings is 2. The summed E-state index contributed by atoms with van der Waals surface area (Å²) in [6, 6.07) is 12.5. The van der Waals surface area contributed by atoms with Gasteiger partial charge in [0.15, 0.2) is 5.01 Å². The van der Waals surface area contributed by atoms with Gasteiger partial charge < -0.3 is 14.2 Å². The van der Waals surface area contributed by atoms with Crippen molar-refractivity contribution >= 4 is 34.4 Å². The molecule has 37 heavy (non-hydrogen) atoms. The highest BCUT2D eigenvalue weighted by molar-refractivity contribution is 7.14. The van der Waals surface area contributed by atoms with Gasteiger partial charge in [0.05, 0.1) is 37.6 Å². The Morgan fingerprint density at radius 1 is 0.919 bits per heavy atom. The molecule has 10 nitrogen and oxygen atoms in total. The fourth-order valence-electron chi connectivity index (χ4n) is 3.83. The zero-order valence-corrected chi connectivity index (χ0v) is 21.8. The Labute approximate surface area is 221 Å². The van der Waals surface area contributed by atoms with E-state index in [1.54, 1.807) is 30.3 Å². The molecule has 0 fully saturated rings. The number of aromatic nitrogens is 3. The van der Waals surface area contributed by atoms with Crippen LogP contribution in [0.15, 0.2) is 52.8 Å². The number of rotatable bonds is 11. The molecule has 4 aromatic rings. The summed E-state index contributed by atoms with van der Waals surface area (Å²) in [6.45, 7) is 2.19. The lowest BCUT2D eigenvalue weighted by molar-refractivity contribution is 0.132. The molecule has 0 aliphatic heterocycles. The monoisotopic (exact) mass is 539 g/mol. The normalized spacial score (nSPS) is 10.8. The number of pyridine rings is 1. The Morgan fingerprint density at radius 3 is 2.22 bits per heavy atom. The van der Waals surface area contributed by atoms with Crippen molar-refractivity contribution in [2.75, 3.05) is 20.8 Å². The summed E-state index contributed by atoms with van der Waals surface area (Å²) in [5.41, 5.74) is 1.98. The maximum Gasteiger partial charge on any atom is 0.209 e. The standard InChI is InChI=1S/C25H22ClN5O5S/c1-4-36-13-16-20(21-17(34-2)6-5-7-18(21)35-3)23(30-32)22(24(27-16)31-33)25-29-28-19(37-25)12-14-8-10-15(26)11-9-14/h5-11H,4,12-13H2,1-3H3. The summed E-state index contributed by atoms with van der Waals surface area (Å²) in [7, 11) is 3.00. The average Bonchev–Trinajstić information content (AvgIpc) is 3.39. The van der Waals surface area contributed by atoms with Gasteiger partial charge in [0.25, 0.3) is 0 Å². The first-order chi connectivity index (χ1) is 18.0. The second-order valence-corrected chi connectivity index (χ2v) is 9.14. The van der Waals surface area contributed by atoms with Crippen LogP contribution in [0.3, 0.4) is 0 Å². The first-order valence-corrected chi connectivity index (χ1v) is 12.3. The van der Waals surface area contributed by atoms with E-state index in [1.807, 2.05) is 19.1 Å². The molecule has 2 heterocycles. The molecule has 190 valence electrons. The first-order valence-electron chi connectivity index (χ1n) is 11.1. The van der Waals surface area contributed by atoms with Crippen molar-refractivity contribution in [1.29, 1.82) is 0 Å². The van der Waals surface area contributed by atoms with Crippen LogP contribution in [-0.4, -0.2) is 36.0 Å². The quantitative estimate of drug-likeness (QED) is 0.189. The van der Waals surface area contributed by atoms with E-state index in [0.29, 0.717) is 45.7 Å². The van der Waals surface area contributed by atoms with Crippen molar-refractivity contribution in [1.82, 2.24) is 15.2 Å². The summed E-state index contributed by atoms with van der Waals surface area (Å²) >= 11 is 7.18. The van der Waals surface area contributed by atoms with E-state index < -0.39 is 0 Å². The number of nitrogens with zero attached hydrogens (tertiary/aromatic N) is 5. The Hall–Kier alpha value is -3.80. The molecule has 0 spiro atoms. The highest BCUT2D eigenvalue weighted by Crippen LogP contribution is 2.51. The Bertz CT molecular complexity index is 1410. The van der Waals surface area contributed by atoms with Crippen molar-refractivity contribution in [3.63, 3.8) is 0 Å². The van der Waals surface area contributed by atoms with E-state index in [-0.39, 0.29) is 34.4 Å². The van der Waals surface area contributed by atoms with Crippen molar-refractivity contribution < 1.29 is 14.2 Å². The molecule has 0 saturated heterocycles. The average molecular weight is 540 g/mol. The predicted octanol–water partition coefficient (Wildman–Crippen LogP) is 6.86. The van der Waals surface area contributed by atoms with Crippen molar-refractivity contribution in [3.05, 3.63) is 73.6 Å². The Kier molecular flexibility index (Phi) is 8.49. The number of halogens is 1. The fraction of sp³-hybridized carbons (Fsp3) is 0.240. The smallest absolute Gasteiger partial charge is 0.209 e. The molecule has 0 amide bonds. The zero-order chi connectivity index (χ0) is 26.4. The Morgan fingerprint density at radius 2 is 1.62 bits per heavy atom. The predicted molar refractivity (Wildman–Crippen MR) is 142 cm³/mol. The molecule has 0 saturated carbocycles. The third-order valence-corrected chi connectivity index (χ3v) is 6.67. The van der Waals surface area contributed by atoms with E-state index in [1.165, 1.54) is 25.6 Å². The van der Waals surface area contributed by atoms with Crippen LogP contribution >= 0.6 is 22.9 Å². The van der Waals surface area contributed by atoms with Gasteiger partial charge in [-0.3, -0.25) is 0 Å². The SMILES string of the molecule is CCOCc1nc(N=O)c(-c2nnc(Cc3ccc(Cl)cc3)s2)c(N=O)c1-c1c(OC)cccc1OC. The molecule has 0 N–H and O–H groups in total. The summed E-state index contributed by atoms with van der Waals surface area (Å²) in [5, 5.41) is 16.5. The van der Waals surface area contributed by atoms with Crippen molar-refractivity contribution in [2.45, 2.75) is 20.0 Å². The zero-order valence-electron chi connectivity index (χ0n) is 20.2. The summed E-state index contributed by atoms with van der Waals surface area (Å²) in [4.78, 5) is 28.8. The van der Waals surface area contributed by atoms with Gasteiger partial charge in [-0.25, -0.2) is 4.98 Å². The fourth-order valence-corrected chi connectivity index (χ4v) is 4.87. The third-order valence-electron chi connectivity index (χ3n) is 5.47. The van der Waals surface area contributed by atoms with E-state index in [2.05, 4.69) is 25.5 Å². The van der Waals surface area contributed by atoms with Gasteiger partial charge in [-0.1, -0.05) is 41.1 Å². The molecule has 0 aliphatic rings. The molecule has 0 aliphatic carbocycles. The lowest BCUT2D eigenvalue weighted by Crippen LogP contribution is -2.03. The van der Waals surface area contributed by atoms with Gasteiger partial charge in [0.2, 0.25) is 5.82 Å². The number of hydrogen-bond donors (Lipinski definition) is 0. The van der Waals surface area contributed by atoms with Crippen LogP contribution < -0.4 is 9.47 Å². The molecule has 2 aromatic carbocycles. The van der Waals surface area contributed by atoms with Crippen LogP contribution in [0.25, 0.3) is 21.7 Å². The number of nitroso groups, excluding NO2 is 2. The number of methoxy groups -OCH3 is 2. The van der Waals surface area contributed by atoms with E-state index in [4.69, 9.17) is 25.8 Å². The maximum absolute atomic E-state index is 12.4. The lowest BCUT2D eigenvalue weighted by atomic mass is 9.97. The first kappa shape index (κ1) is 26.3. The van der Waals surface area contributed by atoms with Gasteiger partial charge >= 0.3 is 0 Å². The summed E-state index contributed by atoms with van der Waals surface area (Å²) in [6.07, 6.45) is 0.478. The minimum Gasteiger partial charge on any atom is -0.496 e. The third kappa shape index (κ3) is 5.48. The highest BCUT2D eigenvalue weighted by atomic mass is 35.5. The van der Waals surface area contributed by atoms with Gasteiger partial charge in [-0.15, -0.1) is 20.0 Å². The van der Waals surface area contributed by atoms with E-state index in [0.717, 1.165) is 5.56 Å². The van der Waals surface area contributed by atoms with Crippen LogP contribution in [0.5, 0.6) is 11.5 Å². The van der Waals surface area contributed by atoms with Crippen molar-refractivity contribution in [2.24, 2.45) is 10.4 Å². The van der Waals surface area contributed by atoms with E-state index in [9.17, 15) is 9.81 Å². The van der Waals surface area contributed by atoms with Gasteiger partial charge in [-0.05, 0) is 47.1 Å². The molecule has 0 radical (unpaired) electrons. The molecule has 0 atom stereocenters. The highest BCUT2D eigenvalue weighted by Gasteiger charge is 2.29. The molecule has 0 unspecified atom stereocenters. The minimum absolute atomic E-state index is 0.00368. The van der Waals surface area contributed by atoms with Gasteiger partial charge in [0.1, 0.15) is 22.2 Å². The second kappa shape index (κ2) is 12.0. The molecule has 12 heteroatoms. The van der Waals surface area contributed by atoms with Crippen LogP contribution in [-0.2, 0) is 17.8 Å². The van der Waals surface area contributed by atoms with Crippen LogP contribution in [0.4, 0.5) is 11.5 Å². The largest absolute Gasteiger partial charge is 0.496 e. The summed E-state index contributed by atoms with van der Waals surface area (Å²) in [5.74, 6) is 0.598. The van der Waals surface area contributed by atoms with Gasteiger partial charge in [0, 0.05) is 23.6 Å². The minimum atomic E-state index is -0.240. The molecule has 4 rings (SSSR count). The van der Waals surface area contributed by atoms with Crippen LogP contribution in [0.1, 0.15) is 23.2 Å². The van der Waals surface area contributed by atoms with Crippen LogP contribution in [0, 0.1) is 9.81 Å². The number of hydrogen-bond acceptors (Lipinski definition) is 11. The second-order valence-electron chi connectivity index (χ2n) is 7.64. The topological polar surface area (TPSA) is 125 Å². The molecular weight excluding hydrogens is 518 g/mol. The molecule has 0 bridgehead atoms. The molecular formula is C25H22ClN5O5S. The van der Waals surface area contributed by atoms with E-state index >= 15 is 0 Å². The molecule has 2 aromatic heterocycles. The Balaban J connectivity index is 1.94. The lowest BCUT2D eigenvalue weighted by Gasteiger charge is -2.18. The number of ether oxygens (including phenoxy) is 3.